The molecule has 0 aliphatic carbocycles. The van der Waals surface area contributed by atoms with Crippen molar-refractivity contribution in [1.29, 1.82) is 0 Å². The van der Waals surface area contributed by atoms with E-state index in [1.165, 1.54) is 0 Å². The summed E-state index contributed by atoms with van der Waals surface area (Å²) in [6, 6.07) is 11.9. The van der Waals surface area contributed by atoms with Gasteiger partial charge in [0.05, 0.1) is 18.1 Å². The van der Waals surface area contributed by atoms with E-state index in [1.54, 1.807) is 42.2 Å². The van der Waals surface area contributed by atoms with Gasteiger partial charge in [0.2, 0.25) is 11.8 Å². The molecule has 0 unspecified atom stereocenters. The highest BCUT2D eigenvalue weighted by molar-refractivity contribution is 6.31. The van der Waals surface area contributed by atoms with Crippen molar-refractivity contribution in [2.75, 3.05) is 23.4 Å². The molecule has 1 N–H and O–H groups in total. The summed E-state index contributed by atoms with van der Waals surface area (Å²) in [5.41, 5.74) is 2.59. The Labute approximate surface area is 168 Å². The number of carbonyl (C=O) groups excluding carboxylic acids is 3. The first-order chi connectivity index (χ1) is 13.4. The van der Waals surface area contributed by atoms with Crippen LogP contribution in [0, 0.1) is 12.8 Å². The summed E-state index contributed by atoms with van der Waals surface area (Å²) >= 11 is 6.15. The van der Waals surface area contributed by atoms with Crippen LogP contribution in [0.15, 0.2) is 42.5 Å². The van der Waals surface area contributed by atoms with Crippen LogP contribution in [0.4, 0.5) is 11.4 Å². The molecule has 28 heavy (non-hydrogen) atoms. The van der Waals surface area contributed by atoms with E-state index in [2.05, 4.69) is 5.32 Å². The van der Waals surface area contributed by atoms with E-state index in [-0.39, 0.29) is 18.2 Å². The van der Waals surface area contributed by atoms with Crippen molar-refractivity contribution in [2.24, 2.45) is 5.92 Å². The fraction of sp³-hybridized carbons (Fsp3) is 0.286. The van der Waals surface area contributed by atoms with Gasteiger partial charge in [0.15, 0.2) is 0 Å². The van der Waals surface area contributed by atoms with Crippen molar-refractivity contribution in [3.63, 3.8) is 0 Å². The molecule has 0 spiro atoms. The lowest BCUT2D eigenvalue weighted by molar-refractivity contribution is -0.122. The van der Waals surface area contributed by atoms with E-state index in [0.717, 1.165) is 5.56 Å². The molecule has 2 aromatic rings. The van der Waals surface area contributed by atoms with Gasteiger partial charge in [-0.05, 0) is 55.8 Å². The molecule has 1 fully saturated rings. The summed E-state index contributed by atoms with van der Waals surface area (Å²) in [5, 5.41) is 3.38. The van der Waals surface area contributed by atoms with Gasteiger partial charge in [-0.15, -0.1) is 0 Å². The number of aryl methyl sites for hydroxylation is 1. The molecule has 1 atom stereocenters. The fourth-order valence-electron chi connectivity index (χ4n) is 3.03. The van der Waals surface area contributed by atoms with Crippen LogP contribution < -0.4 is 10.2 Å². The standard InChI is InChI=1S/C21H21ClN2O4/c1-3-28-21(27)14-5-7-16(8-6-14)23-20(26)15-10-19(25)24(12-15)17-9-4-13(2)18(22)11-17/h4-9,11,15H,3,10,12H2,1-2H3,(H,23,26)/t15-/m0/s1. The van der Waals surface area contributed by atoms with E-state index < -0.39 is 11.9 Å². The van der Waals surface area contributed by atoms with Gasteiger partial charge in [-0.3, -0.25) is 9.59 Å². The van der Waals surface area contributed by atoms with Crippen LogP contribution in [0.1, 0.15) is 29.3 Å². The monoisotopic (exact) mass is 400 g/mol. The molecule has 146 valence electrons. The Morgan fingerprint density at radius 1 is 1.21 bits per heavy atom. The van der Waals surface area contributed by atoms with Crippen molar-refractivity contribution in [3.05, 3.63) is 58.6 Å². The normalized spacial score (nSPS) is 16.2. The number of amides is 2. The molecule has 2 aromatic carbocycles. The van der Waals surface area contributed by atoms with Gasteiger partial charge in [0.1, 0.15) is 0 Å². The zero-order chi connectivity index (χ0) is 20.3. The summed E-state index contributed by atoms with van der Waals surface area (Å²) < 4.78 is 4.93. The average Bonchev–Trinajstić information content (AvgIpc) is 3.06. The molecule has 1 heterocycles. The van der Waals surface area contributed by atoms with E-state index in [9.17, 15) is 14.4 Å². The van der Waals surface area contributed by atoms with Crippen LogP contribution in [0.5, 0.6) is 0 Å². The van der Waals surface area contributed by atoms with Gasteiger partial charge in [-0.25, -0.2) is 4.79 Å². The lowest BCUT2D eigenvalue weighted by atomic mass is 10.1. The number of benzene rings is 2. The van der Waals surface area contributed by atoms with Crippen LogP contribution in [0.2, 0.25) is 5.02 Å². The number of nitrogens with one attached hydrogen (secondary N) is 1. The Balaban J connectivity index is 1.64. The zero-order valence-corrected chi connectivity index (χ0v) is 16.5. The van der Waals surface area contributed by atoms with Crippen LogP contribution in [-0.4, -0.2) is 30.9 Å². The van der Waals surface area contributed by atoms with Crippen molar-refractivity contribution in [2.45, 2.75) is 20.3 Å². The van der Waals surface area contributed by atoms with Crippen molar-refractivity contribution < 1.29 is 19.1 Å². The second kappa shape index (κ2) is 8.44. The van der Waals surface area contributed by atoms with Crippen LogP contribution in [0.3, 0.4) is 0 Å². The van der Waals surface area contributed by atoms with E-state index in [1.807, 2.05) is 19.1 Å². The quantitative estimate of drug-likeness (QED) is 0.774. The highest BCUT2D eigenvalue weighted by Crippen LogP contribution is 2.29. The fourth-order valence-corrected chi connectivity index (χ4v) is 3.21. The molecule has 0 bridgehead atoms. The molecule has 1 aliphatic heterocycles. The second-order valence-corrected chi connectivity index (χ2v) is 7.03. The number of ether oxygens (including phenoxy) is 1. The van der Waals surface area contributed by atoms with E-state index in [0.29, 0.717) is 35.1 Å². The number of anilines is 2. The molecule has 1 aliphatic rings. The first-order valence-electron chi connectivity index (χ1n) is 9.03. The SMILES string of the molecule is CCOC(=O)c1ccc(NC(=O)[C@H]2CC(=O)N(c3ccc(C)c(Cl)c3)C2)cc1. The first kappa shape index (κ1) is 19.9. The maximum Gasteiger partial charge on any atom is 0.338 e. The highest BCUT2D eigenvalue weighted by atomic mass is 35.5. The van der Waals surface area contributed by atoms with E-state index >= 15 is 0 Å². The molecule has 3 rings (SSSR count). The van der Waals surface area contributed by atoms with Gasteiger partial charge >= 0.3 is 5.97 Å². The highest BCUT2D eigenvalue weighted by Gasteiger charge is 2.35. The molecule has 0 radical (unpaired) electrons. The molecular weight excluding hydrogens is 380 g/mol. The number of nitrogens with zero attached hydrogens (tertiary/aromatic N) is 1. The number of hydrogen-bond acceptors (Lipinski definition) is 4. The Morgan fingerprint density at radius 3 is 2.57 bits per heavy atom. The van der Waals surface area contributed by atoms with Crippen LogP contribution in [-0.2, 0) is 14.3 Å². The topological polar surface area (TPSA) is 75.7 Å². The summed E-state index contributed by atoms with van der Waals surface area (Å²) in [5.74, 6) is -1.22. The maximum absolute atomic E-state index is 12.6. The minimum absolute atomic E-state index is 0.113. The molecule has 7 heteroatoms. The lowest BCUT2D eigenvalue weighted by Crippen LogP contribution is -2.28. The first-order valence-corrected chi connectivity index (χ1v) is 9.41. The number of halogens is 1. The largest absolute Gasteiger partial charge is 0.462 e. The number of rotatable bonds is 5. The van der Waals surface area contributed by atoms with Crippen molar-refractivity contribution in [1.82, 2.24) is 0 Å². The maximum atomic E-state index is 12.6. The van der Waals surface area contributed by atoms with Crippen LogP contribution in [0.25, 0.3) is 0 Å². The van der Waals surface area contributed by atoms with Gasteiger partial charge in [0, 0.05) is 29.4 Å². The number of esters is 1. The molecule has 6 nitrogen and oxygen atoms in total. The van der Waals surface area contributed by atoms with Gasteiger partial charge in [-0.1, -0.05) is 17.7 Å². The Kier molecular flexibility index (Phi) is 5.99. The minimum Gasteiger partial charge on any atom is -0.462 e. The summed E-state index contributed by atoms with van der Waals surface area (Å²) in [6.07, 6.45) is 0.137. The summed E-state index contributed by atoms with van der Waals surface area (Å²) in [7, 11) is 0. The van der Waals surface area contributed by atoms with Crippen molar-refractivity contribution in [3.8, 4) is 0 Å². The van der Waals surface area contributed by atoms with Gasteiger partial charge in [0.25, 0.3) is 0 Å². The number of carbonyl (C=O) groups is 3. The molecule has 1 saturated heterocycles. The third-order valence-corrected chi connectivity index (χ3v) is 5.03. The number of hydrogen-bond donors (Lipinski definition) is 1. The predicted molar refractivity (Wildman–Crippen MR) is 108 cm³/mol. The lowest BCUT2D eigenvalue weighted by Gasteiger charge is -2.17. The predicted octanol–water partition coefficient (Wildman–Crippen LogP) is 3.82. The third kappa shape index (κ3) is 4.34. The van der Waals surface area contributed by atoms with Crippen molar-refractivity contribution >= 4 is 40.8 Å². The van der Waals surface area contributed by atoms with Gasteiger partial charge in [-0.2, -0.15) is 0 Å². The summed E-state index contributed by atoms with van der Waals surface area (Å²) in [6.45, 7) is 4.23. The Bertz CT molecular complexity index is 911. The van der Waals surface area contributed by atoms with Crippen LogP contribution >= 0.6 is 11.6 Å². The average molecular weight is 401 g/mol. The molecule has 0 saturated carbocycles. The molecular formula is C21H21ClN2O4. The molecule has 0 aromatic heterocycles. The molecule has 2 amide bonds. The Morgan fingerprint density at radius 2 is 1.93 bits per heavy atom. The van der Waals surface area contributed by atoms with E-state index in [4.69, 9.17) is 16.3 Å². The second-order valence-electron chi connectivity index (χ2n) is 6.63. The smallest absolute Gasteiger partial charge is 0.338 e. The minimum atomic E-state index is -0.461. The zero-order valence-electron chi connectivity index (χ0n) is 15.7. The Hall–Kier alpha value is -2.86. The third-order valence-electron chi connectivity index (χ3n) is 4.63. The van der Waals surface area contributed by atoms with Gasteiger partial charge < -0.3 is 15.0 Å². The summed E-state index contributed by atoms with van der Waals surface area (Å²) in [4.78, 5) is 38.2.